The van der Waals surface area contributed by atoms with Gasteiger partial charge in [0.25, 0.3) is 5.91 Å². The van der Waals surface area contributed by atoms with Crippen LogP contribution < -0.4 is 10.1 Å². The normalized spacial score (nSPS) is 10.6. The van der Waals surface area contributed by atoms with Crippen LogP contribution in [0.15, 0.2) is 48.5 Å². The SMILES string of the molecule is COc1cccc(CNC(=O)c2nn(-c3ccc(F)cc3)nc2CO)c1. The van der Waals surface area contributed by atoms with Crippen LogP contribution in [0.2, 0.25) is 0 Å². The number of amides is 1. The van der Waals surface area contributed by atoms with E-state index in [0.717, 1.165) is 5.56 Å². The molecule has 3 aromatic rings. The Balaban J connectivity index is 1.77. The summed E-state index contributed by atoms with van der Waals surface area (Å²) in [5.41, 5.74) is 1.49. The molecule has 0 fully saturated rings. The number of aliphatic hydroxyl groups is 1. The average Bonchev–Trinajstić information content (AvgIpc) is 3.11. The van der Waals surface area contributed by atoms with Gasteiger partial charge in [-0.15, -0.1) is 10.2 Å². The van der Waals surface area contributed by atoms with Gasteiger partial charge in [-0.25, -0.2) is 4.39 Å². The zero-order valence-corrected chi connectivity index (χ0v) is 14.0. The lowest BCUT2D eigenvalue weighted by Gasteiger charge is -2.06. The molecule has 0 bridgehead atoms. The molecule has 1 amide bonds. The van der Waals surface area contributed by atoms with Crippen molar-refractivity contribution in [3.8, 4) is 11.4 Å². The molecule has 0 saturated carbocycles. The number of halogens is 1. The van der Waals surface area contributed by atoms with E-state index in [2.05, 4.69) is 15.5 Å². The van der Waals surface area contributed by atoms with Crippen molar-refractivity contribution in [1.29, 1.82) is 0 Å². The van der Waals surface area contributed by atoms with E-state index in [1.807, 2.05) is 24.3 Å². The lowest BCUT2D eigenvalue weighted by atomic mass is 10.2. The van der Waals surface area contributed by atoms with E-state index in [0.29, 0.717) is 11.4 Å². The zero-order valence-electron chi connectivity index (χ0n) is 14.0. The maximum Gasteiger partial charge on any atom is 0.274 e. The van der Waals surface area contributed by atoms with Crippen LogP contribution in [0.4, 0.5) is 4.39 Å². The number of benzene rings is 2. The Hall–Kier alpha value is -3.26. The third-order valence-corrected chi connectivity index (χ3v) is 3.69. The lowest BCUT2D eigenvalue weighted by Crippen LogP contribution is -2.24. The highest BCUT2D eigenvalue weighted by Crippen LogP contribution is 2.13. The minimum Gasteiger partial charge on any atom is -0.497 e. The van der Waals surface area contributed by atoms with Gasteiger partial charge in [-0.1, -0.05) is 12.1 Å². The lowest BCUT2D eigenvalue weighted by molar-refractivity contribution is 0.0942. The molecule has 1 aromatic heterocycles. The summed E-state index contributed by atoms with van der Waals surface area (Å²) < 4.78 is 18.2. The number of hydrogen-bond donors (Lipinski definition) is 2. The molecule has 134 valence electrons. The molecule has 2 aromatic carbocycles. The topological polar surface area (TPSA) is 89.3 Å². The highest BCUT2D eigenvalue weighted by molar-refractivity contribution is 5.93. The fraction of sp³-hybridized carbons (Fsp3) is 0.167. The van der Waals surface area contributed by atoms with Gasteiger partial charge in [-0.3, -0.25) is 4.79 Å². The number of nitrogens with one attached hydrogen (secondary N) is 1. The van der Waals surface area contributed by atoms with Gasteiger partial charge in [0.15, 0.2) is 5.69 Å². The van der Waals surface area contributed by atoms with Gasteiger partial charge in [0.05, 0.1) is 19.4 Å². The summed E-state index contributed by atoms with van der Waals surface area (Å²) in [5, 5.41) is 20.4. The number of hydrogen-bond acceptors (Lipinski definition) is 5. The van der Waals surface area contributed by atoms with Crippen LogP contribution in [0.5, 0.6) is 5.75 Å². The molecule has 0 aliphatic carbocycles. The molecule has 0 radical (unpaired) electrons. The summed E-state index contributed by atoms with van der Waals surface area (Å²) in [7, 11) is 1.57. The number of methoxy groups -OCH3 is 1. The van der Waals surface area contributed by atoms with Gasteiger partial charge in [0, 0.05) is 6.54 Å². The molecule has 0 atom stereocenters. The van der Waals surface area contributed by atoms with Crippen molar-refractivity contribution in [2.45, 2.75) is 13.2 Å². The standard InChI is InChI=1S/C18H17FN4O3/c1-26-15-4-2-3-12(9-15)10-20-18(25)17-16(11-24)21-23(22-17)14-7-5-13(19)6-8-14/h2-9,24H,10-11H2,1H3,(H,20,25). The van der Waals surface area contributed by atoms with Gasteiger partial charge in [0.1, 0.15) is 17.3 Å². The first kappa shape index (κ1) is 17.6. The summed E-state index contributed by atoms with van der Waals surface area (Å²) >= 11 is 0. The second-order valence-electron chi connectivity index (χ2n) is 5.45. The first-order chi connectivity index (χ1) is 12.6. The number of aliphatic hydroxyl groups excluding tert-OH is 1. The summed E-state index contributed by atoms with van der Waals surface area (Å²) in [6.07, 6.45) is 0. The first-order valence-corrected chi connectivity index (χ1v) is 7.85. The Morgan fingerprint density at radius 3 is 2.69 bits per heavy atom. The maximum absolute atomic E-state index is 13.0. The zero-order chi connectivity index (χ0) is 18.5. The van der Waals surface area contributed by atoms with Gasteiger partial charge in [-0.05, 0) is 42.0 Å². The Morgan fingerprint density at radius 2 is 2.00 bits per heavy atom. The smallest absolute Gasteiger partial charge is 0.274 e. The average molecular weight is 356 g/mol. The molecule has 0 saturated heterocycles. The minimum atomic E-state index is -0.467. The first-order valence-electron chi connectivity index (χ1n) is 7.85. The van der Waals surface area contributed by atoms with E-state index in [9.17, 15) is 14.3 Å². The Labute approximate surface area is 149 Å². The summed E-state index contributed by atoms with van der Waals surface area (Å²) in [4.78, 5) is 13.6. The molecule has 0 aliphatic heterocycles. The van der Waals surface area contributed by atoms with Gasteiger partial charge in [0.2, 0.25) is 0 Å². The number of nitrogens with zero attached hydrogens (tertiary/aromatic N) is 3. The number of aromatic nitrogens is 3. The van der Waals surface area contributed by atoms with Crippen LogP contribution >= 0.6 is 0 Å². The molecule has 3 rings (SSSR count). The van der Waals surface area contributed by atoms with E-state index in [1.165, 1.54) is 29.1 Å². The molecule has 2 N–H and O–H groups in total. The van der Waals surface area contributed by atoms with Crippen LogP contribution in [0.1, 0.15) is 21.7 Å². The molecule has 1 heterocycles. The third kappa shape index (κ3) is 3.86. The third-order valence-electron chi connectivity index (χ3n) is 3.69. The van der Waals surface area contributed by atoms with E-state index in [1.54, 1.807) is 7.11 Å². The number of rotatable bonds is 6. The van der Waals surface area contributed by atoms with Crippen molar-refractivity contribution < 1.29 is 19.0 Å². The van der Waals surface area contributed by atoms with Gasteiger partial charge in [-0.2, -0.15) is 4.80 Å². The van der Waals surface area contributed by atoms with Crippen molar-refractivity contribution in [2.24, 2.45) is 0 Å². The molecule has 0 unspecified atom stereocenters. The van der Waals surface area contributed by atoms with E-state index in [4.69, 9.17) is 4.74 Å². The highest BCUT2D eigenvalue weighted by Gasteiger charge is 2.18. The van der Waals surface area contributed by atoms with Gasteiger partial charge >= 0.3 is 0 Å². The van der Waals surface area contributed by atoms with Gasteiger partial charge < -0.3 is 15.2 Å². The molecule has 0 spiro atoms. The molecule has 26 heavy (non-hydrogen) atoms. The summed E-state index contributed by atoms with van der Waals surface area (Å²) in [6.45, 7) is -0.173. The van der Waals surface area contributed by atoms with Crippen molar-refractivity contribution >= 4 is 5.91 Å². The largest absolute Gasteiger partial charge is 0.497 e. The Morgan fingerprint density at radius 1 is 1.23 bits per heavy atom. The van der Waals surface area contributed by atoms with Crippen molar-refractivity contribution in [2.75, 3.05) is 7.11 Å². The fourth-order valence-corrected chi connectivity index (χ4v) is 2.36. The van der Waals surface area contributed by atoms with Crippen LogP contribution in [-0.4, -0.2) is 33.1 Å². The Kier molecular flexibility index (Phi) is 5.23. The van der Waals surface area contributed by atoms with Crippen LogP contribution in [0.3, 0.4) is 0 Å². The van der Waals surface area contributed by atoms with E-state index >= 15 is 0 Å². The number of ether oxygens (including phenoxy) is 1. The highest BCUT2D eigenvalue weighted by atomic mass is 19.1. The second-order valence-corrected chi connectivity index (χ2v) is 5.45. The molecule has 7 nitrogen and oxygen atoms in total. The van der Waals surface area contributed by atoms with Crippen molar-refractivity contribution in [3.63, 3.8) is 0 Å². The minimum absolute atomic E-state index is 0.0136. The number of carbonyl (C=O) groups is 1. The Bertz CT molecular complexity index is 909. The summed E-state index contributed by atoms with van der Waals surface area (Å²) in [6, 6.07) is 12.8. The number of carbonyl (C=O) groups excluding carboxylic acids is 1. The van der Waals surface area contributed by atoms with E-state index in [-0.39, 0.29) is 23.7 Å². The predicted octanol–water partition coefficient (Wildman–Crippen LogP) is 1.84. The molecular formula is C18H17FN4O3. The quantitative estimate of drug-likeness (QED) is 0.703. The van der Waals surface area contributed by atoms with Crippen molar-refractivity contribution in [3.05, 3.63) is 71.3 Å². The van der Waals surface area contributed by atoms with Crippen LogP contribution in [0, 0.1) is 5.82 Å². The van der Waals surface area contributed by atoms with E-state index < -0.39 is 12.5 Å². The maximum atomic E-state index is 13.0. The van der Waals surface area contributed by atoms with Crippen molar-refractivity contribution in [1.82, 2.24) is 20.3 Å². The second kappa shape index (κ2) is 7.75. The predicted molar refractivity (Wildman–Crippen MR) is 91.4 cm³/mol. The van der Waals surface area contributed by atoms with Crippen LogP contribution in [0.25, 0.3) is 5.69 Å². The molecular weight excluding hydrogens is 339 g/mol. The fourth-order valence-electron chi connectivity index (χ4n) is 2.36. The van der Waals surface area contributed by atoms with Crippen LogP contribution in [-0.2, 0) is 13.2 Å². The molecule has 0 aliphatic rings. The molecule has 8 heteroatoms. The summed E-state index contributed by atoms with van der Waals surface area (Å²) in [5.74, 6) is -0.167. The monoisotopic (exact) mass is 356 g/mol.